The van der Waals surface area contributed by atoms with Gasteiger partial charge in [-0.15, -0.1) is 0 Å². The third-order valence-corrected chi connectivity index (χ3v) is 4.36. The number of benzene rings is 1. The summed E-state index contributed by atoms with van der Waals surface area (Å²) in [6, 6.07) is 7.46. The molecule has 0 aliphatic heterocycles. The van der Waals surface area contributed by atoms with Crippen molar-refractivity contribution in [2.75, 3.05) is 0 Å². The first-order chi connectivity index (χ1) is 8.38. The van der Waals surface area contributed by atoms with Gasteiger partial charge < -0.3 is 5.73 Å². The number of hydrogen-bond acceptors (Lipinski definition) is 1. The van der Waals surface area contributed by atoms with E-state index in [0.29, 0.717) is 6.04 Å². The quantitative estimate of drug-likeness (QED) is 0.785. The molecule has 0 heterocycles. The Hall–Kier alpha value is -0.820. The summed E-state index contributed by atoms with van der Waals surface area (Å²) in [4.78, 5) is 0. The van der Waals surface area contributed by atoms with Crippen molar-refractivity contribution in [3.63, 3.8) is 0 Å². The second-order valence-corrected chi connectivity index (χ2v) is 6.93. The van der Waals surface area contributed by atoms with E-state index >= 15 is 0 Å². The SMILES string of the molecule is Cc1ccc(C(C)(C)C)cc1C1CCC(N)CC1. The molecular formula is C17H27N. The maximum atomic E-state index is 6.01. The van der Waals surface area contributed by atoms with E-state index in [4.69, 9.17) is 5.73 Å². The van der Waals surface area contributed by atoms with E-state index in [-0.39, 0.29) is 5.41 Å². The topological polar surface area (TPSA) is 26.0 Å². The first kappa shape index (κ1) is 13.6. The van der Waals surface area contributed by atoms with Gasteiger partial charge in [0.1, 0.15) is 0 Å². The van der Waals surface area contributed by atoms with Gasteiger partial charge in [-0.25, -0.2) is 0 Å². The number of aryl methyl sites for hydroxylation is 1. The molecule has 0 unspecified atom stereocenters. The molecule has 0 spiro atoms. The van der Waals surface area contributed by atoms with Crippen LogP contribution in [-0.2, 0) is 5.41 Å². The summed E-state index contributed by atoms with van der Waals surface area (Å²) in [5.41, 5.74) is 10.7. The molecule has 1 aromatic rings. The Morgan fingerprint density at radius 2 is 1.67 bits per heavy atom. The van der Waals surface area contributed by atoms with Gasteiger partial charge in [0, 0.05) is 6.04 Å². The average molecular weight is 245 g/mol. The number of rotatable bonds is 1. The van der Waals surface area contributed by atoms with Crippen LogP contribution in [0.2, 0.25) is 0 Å². The maximum absolute atomic E-state index is 6.01. The molecule has 1 saturated carbocycles. The van der Waals surface area contributed by atoms with E-state index in [1.807, 2.05) is 0 Å². The molecule has 0 atom stereocenters. The monoisotopic (exact) mass is 245 g/mol. The zero-order chi connectivity index (χ0) is 13.3. The van der Waals surface area contributed by atoms with Gasteiger partial charge in [0.25, 0.3) is 0 Å². The average Bonchev–Trinajstić information content (AvgIpc) is 2.29. The van der Waals surface area contributed by atoms with Gasteiger partial charge in [0.15, 0.2) is 0 Å². The minimum Gasteiger partial charge on any atom is -0.328 e. The van der Waals surface area contributed by atoms with Gasteiger partial charge in [0.05, 0.1) is 0 Å². The maximum Gasteiger partial charge on any atom is 0.00392 e. The summed E-state index contributed by atoms with van der Waals surface area (Å²) in [6.07, 6.45) is 4.89. The Balaban J connectivity index is 2.27. The highest BCUT2D eigenvalue weighted by atomic mass is 14.6. The van der Waals surface area contributed by atoms with Crippen molar-refractivity contribution >= 4 is 0 Å². The zero-order valence-electron chi connectivity index (χ0n) is 12.3. The minimum atomic E-state index is 0.244. The molecule has 1 heteroatoms. The van der Waals surface area contributed by atoms with E-state index in [0.717, 1.165) is 5.92 Å². The summed E-state index contributed by atoms with van der Waals surface area (Å²) in [5, 5.41) is 0. The molecule has 1 aliphatic rings. The Morgan fingerprint density at radius 3 is 2.22 bits per heavy atom. The van der Waals surface area contributed by atoms with Crippen LogP contribution < -0.4 is 5.73 Å². The number of nitrogens with two attached hydrogens (primary N) is 1. The highest BCUT2D eigenvalue weighted by molar-refractivity contribution is 5.37. The van der Waals surface area contributed by atoms with E-state index in [9.17, 15) is 0 Å². The van der Waals surface area contributed by atoms with Crippen molar-refractivity contribution in [3.8, 4) is 0 Å². The largest absolute Gasteiger partial charge is 0.328 e. The molecule has 18 heavy (non-hydrogen) atoms. The second kappa shape index (κ2) is 5.05. The van der Waals surface area contributed by atoms with E-state index in [1.54, 1.807) is 5.56 Å². The molecule has 100 valence electrons. The van der Waals surface area contributed by atoms with Crippen LogP contribution in [0.15, 0.2) is 18.2 Å². The fourth-order valence-corrected chi connectivity index (χ4v) is 2.98. The van der Waals surface area contributed by atoms with Crippen LogP contribution in [0, 0.1) is 6.92 Å². The van der Waals surface area contributed by atoms with Crippen molar-refractivity contribution in [3.05, 3.63) is 34.9 Å². The summed E-state index contributed by atoms with van der Waals surface area (Å²) in [5.74, 6) is 0.729. The highest BCUT2D eigenvalue weighted by Crippen LogP contribution is 2.36. The lowest BCUT2D eigenvalue weighted by atomic mass is 9.77. The van der Waals surface area contributed by atoms with Gasteiger partial charge in [-0.1, -0.05) is 39.0 Å². The molecule has 1 aromatic carbocycles. The van der Waals surface area contributed by atoms with Crippen LogP contribution in [-0.4, -0.2) is 6.04 Å². The van der Waals surface area contributed by atoms with Crippen LogP contribution in [0.5, 0.6) is 0 Å². The van der Waals surface area contributed by atoms with Crippen LogP contribution in [0.4, 0.5) is 0 Å². The third-order valence-electron chi connectivity index (χ3n) is 4.36. The predicted octanol–water partition coefficient (Wildman–Crippen LogP) is 4.28. The van der Waals surface area contributed by atoms with Crippen molar-refractivity contribution in [1.29, 1.82) is 0 Å². The highest BCUT2D eigenvalue weighted by Gasteiger charge is 2.23. The summed E-state index contributed by atoms with van der Waals surface area (Å²) < 4.78 is 0. The third kappa shape index (κ3) is 2.95. The lowest BCUT2D eigenvalue weighted by Crippen LogP contribution is -2.26. The van der Waals surface area contributed by atoms with E-state index < -0.39 is 0 Å². The van der Waals surface area contributed by atoms with Gasteiger partial charge >= 0.3 is 0 Å². The Labute approximate surface area is 112 Å². The van der Waals surface area contributed by atoms with Gasteiger partial charge in [0.2, 0.25) is 0 Å². The molecule has 0 saturated heterocycles. The summed E-state index contributed by atoms with van der Waals surface area (Å²) in [7, 11) is 0. The lowest BCUT2D eigenvalue weighted by molar-refractivity contribution is 0.394. The smallest absolute Gasteiger partial charge is 0.00392 e. The first-order valence-corrected chi connectivity index (χ1v) is 7.24. The van der Waals surface area contributed by atoms with Crippen LogP contribution in [0.3, 0.4) is 0 Å². The molecule has 1 aliphatic carbocycles. The van der Waals surface area contributed by atoms with Gasteiger partial charge in [-0.05, 0) is 60.6 Å². The molecule has 0 radical (unpaired) electrons. The Morgan fingerprint density at radius 1 is 1.06 bits per heavy atom. The summed E-state index contributed by atoms with van der Waals surface area (Å²) >= 11 is 0. The van der Waals surface area contributed by atoms with Crippen molar-refractivity contribution in [2.24, 2.45) is 5.73 Å². The predicted molar refractivity (Wildman–Crippen MR) is 79.1 cm³/mol. The summed E-state index contributed by atoms with van der Waals surface area (Å²) in [6.45, 7) is 9.12. The molecule has 2 rings (SSSR count). The molecule has 0 amide bonds. The molecule has 0 bridgehead atoms. The first-order valence-electron chi connectivity index (χ1n) is 7.24. The van der Waals surface area contributed by atoms with E-state index in [1.165, 1.54) is 36.8 Å². The molecule has 1 nitrogen and oxygen atoms in total. The van der Waals surface area contributed by atoms with E-state index in [2.05, 4.69) is 45.9 Å². The van der Waals surface area contributed by atoms with Crippen molar-refractivity contribution in [1.82, 2.24) is 0 Å². The fraction of sp³-hybridized carbons (Fsp3) is 0.647. The van der Waals surface area contributed by atoms with Crippen molar-refractivity contribution in [2.45, 2.75) is 70.8 Å². The Kier molecular flexibility index (Phi) is 3.82. The van der Waals surface area contributed by atoms with Gasteiger partial charge in [-0.2, -0.15) is 0 Å². The molecular weight excluding hydrogens is 218 g/mol. The molecule has 1 fully saturated rings. The molecule has 2 N–H and O–H groups in total. The van der Waals surface area contributed by atoms with Crippen LogP contribution >= 0.6 is 0 Å². The number of hydrogen-bond donors (Lipinski definition) is 1. The fourth-order valence-electron chi connectivity index (χ4n) is 2.98. The normalized spacial score (nSPS) is 25.2. The van der Waals surface area contributed by atoms with Gasteiger partial charge in [-0.3, -0.25) is 0 Å². The van der Waals surface area contributed by atoms with Crippen LogP contribution in [0.1, 0.15) is 69.1 Å². The molecule has 0 aromatic heterocycles. The lowest BCUT2D eigenvalue weighted by Gasteiger charge is -2.29. The Bertz CT molecular complexity index is 406. The standard InChI is InChI=1S/C17H27N/c1-12-5-8-14(17(2,3)4)11-16(12)13-6-9-15(18)10-7-13/h5,8,11,13,15H,6-7,9-10,18H2,1-4H3. The van der Waals surface area contributed by atoms with Crippen molar-refractivity contribution < 1.29 is 0 Å². The second-order valence-electron chi connectivity index (χ2n) is 6.93. The zero-order valence-corrected chi connectivity index (χ0v) is 12.3. The van der Waals surface area contributed by atoms with Crippen LogP contribution in [0.25, 0.3) is 0 Å². The minimum absolute atomic E-state index is 0.244.